The molecular weight excluding hydrogens is 468 g/mol. The van der Waals surface area contributed by atoms with E-state index in [1.54, 1.807) is 0 Å². The van der Waals surface area contributed by atoms with Crippen molar-refractivity contribution in [1.82, 2.24) is 4.31 Å². The van der Waals surface area contributed by atoms with Crippen LogP contribution in [-0.2, 0) is 20.9 Å². The molecule has 1 saturated heterocycles. The van der Waals surface area contributed by atoms with Crippen LogP contribution in [0.25, 0.3) is 0 Å². The minimum Gasteiger partial charge on any atom is -0.379 e. The molecule has 0 aliphatic carbocycles. The Bertz CT molecular complexity index is 1070. The van der Waals surface area contributed by atoms with Crippen LogP contribution in [0.1, 0.15) is 15.9 Å². The summed E-state index contributed by atoms with van der Waals surface area (Å²) >= 11 is 11.9. The highest BCUT2D eigenvalue weighted by atomic mass is 35.5. The van der Waals surface area contributed by atoms with Gasteiger partial charge in [-0.05, 0) is 36.4 Å². The number of amides is 1. The van der Waals surface area contributed by atoms with Gasteiger partial charge in [-0.3, -0.25) is 4.79 Å². The molecule has 0 unspecified atom stereocenters. The van der Waals surface area contributed by atoms with E-state index in [0.29, 0.717) is 6.07 Å². The number of rotatable bonds is 4. The smallest absolute Gasteiger partial charge is 0.379 e. The topological polar surface area (TPSA) is 75.7 Å². The summed E-state index contributed by atoms with van der Waals surface area (Å²) in [5.41, 5.74) is -1.51. The van der Waals surface area contributed by atoms with Gasteiger partial charge in [0.25, 0.3) is 5.91 Å². The summed E-state index contributed by atoms with van der Waals surface area (Å²) in [6.07, 6.45) is -4.63. The Morgan fingerprint density at radius 3 is 2.30 bits per heavy atom. The third kappa shape index (κ3) is 4.89. The van der Waals surface area contributed by atoms with Gasteiger partial charge in [-0.1, -0.05) is 23.2 Å². The molecular formula is C18H15Cl2F3N2O4S. The lowest BCUT2D eigenvalue weighted by Gasteiger charge is -2.26. The number of alkyl halides is 3. The zero-order valence-corrected chi connectivity index (χ0v) is 17.5. The molecule has 1 fully saturated rings. The summed E-state index contributed by atoms with van der Waals surface area (Å²) in [4.78, 5) is 12.5. The van der Waals surface area contributed by atoms with Crippen LogP contribution in [0.15, 0.2) is 41.3 Å². The van der Waals surface area contributed by atoms with E-state index >= 15 is 0 Å². The second kappa shape index (κ2) is 8.72. The Morgan fingerprint density at radius 2 is 1.67 bits per heavy atom. The van der Waals surface area contributed by atoms with Crippen molar-refractivity contribution in [3.63, 3.8) is 0 Å². The molecule has 1 amide bonds. The molecule has 0 atom stereocenters. The third-order valence-electron chi connectivity index (χ3n) is 4.33. The van der Waals surface area contributed by atoms with E-state index in [1.807, 2.05) is 0 Å². The first-order valence-corrected chi connectivity index (χ1v) is 10.8. The minimum atomic E-state index is -4.63. The molecule has 2 aromatic carbocycles. The van der Waals surface area contributed by atoms with Gasteiger partial charge in [0.15, 0.2) is 0 Å². The first kappa shape index (κ1) is 22.8. The van der Waals surface area contributed by atoms with Gasteiger partial charge < -0.3 is 10.1 Å². The molecule has 1 aliphatic heterocycles. The maximum absolute atomic E-state index is 12.9. The Balaban J connectivity index is 1.91. The van der Waals surface area contributed by atoms with Crippen LogP contribution in [0.3, 0.4) is 0 Å². The number of carbonyl (C=O) groups is 1. The van der Waals surface area contributed by atoms with Crippen LogP contribution in [0.4, 0.5) is 18.9 Å². The molecule has 30 heavy (non-hydrogen) atoms. The van der Waals surface area contributed by atoms with E-state index in [4.69, 9.17) is 27.9 Å². The fourth-order valence-electron chi connectivity index (χ4n) is 2.76. The number of morpholine rings is 1. The molecule has 2 aromatic rings. The van der Waals surface area contributed by atoms with Crippen molar-refractivity contribution in [1.29, 1.82) is 0 Å². The quantitative estimate of drug-likeness (QED) is 0.705. The highest BCUT2D eigenvalue weighted by Crippen LogP contribution is 2.34. The normalized spacial score (nSPS) is 15.8. The largest absolute Gasteiger partial charge is 0.416 e. The van der Waals surface area contributed by atoms with Crippen LogP contribution in [0, 0.1) is 0 Å². The monoisotopic (exact) mass is 482 g/mol. The lowest BCUT2D eigenvalue weighted by Crippen LogP contribution is -2.40. The van der Waals surface area contributed by atoms with Crippen LogP contribution < -0.4 is 5.32 Å². The van der Waals surface area contributed by atoms with Crippen molar-refractivity contribution in [3.05, 3.63) is 57.6 Å². The van der Waals surface area contributed by atoms with E-state index in [0.717, 1.165) is 18.2 Å². The van der Waals surface area contributed by atoms with E-state index in [9.17, 15) is 26.4 Å². The number of carbonyl (C=O) groups excluding carboxylic acids is 1. The summed E-state index contributed by atoms with van der Waals surface area (Å²) in [6.45, 7) is 0.807. The van der Waals surface area contributed by atoms with Gasteiger partial charge in [-0.25, -0.2) is 8.42 Å². The molecule has 12 heteroatoms. The molecule has 162 valence electrons. The first-order chi connectivity index (χ1) is 14.0. The number of hydrogen-bond donors (Lipinski definition) is 1. The van der Waals surface area contributed by atoms with Gasteiger partial charge in [-0.2, -0.15) is 17.5 Å². The number of ether oxygens (including phenoxy) is 1. The molecule has 1 N–H and O–H groups in total. The van der Waals surface area contributed by atoms with Gasteiger partial charge in [0.2, 0.25) is 10.0 Å². The van der Waals surface area contributed by atoms with Gasteiger partial charge in [0.1, 0.15) is 0 Å². The van der Waals surface area contributed by atoms with Crippen LogP contribution >= 0.6 is 23.2 Å². The number of nitrogens with zero attached hydrogens (tertiary/aromatic N) is 1. The molecule has 3 rings (SSSR count). The average Bonchev–Trinajstić information content (AvgIpc) is 2.69. The molecule has 6 nitrogen and oxygen atoms in total. The number of nitrogens with one attached hydrogen (secondary N) is 1. The second-order valence-corrected chi connectivity index (χ2v) is 9.06. The van der Waals surface area contributed by atoms with Crippen molar-refractivity contribution in [2.45, 2.75) is 11.1 Å². The maximum Gasteiger partial charge on any atom is 0.416 e. The van der Waals surface area contributed by atoms with Crippen LogP contribution in [0.2, 0.25) is 10.0 Å². The summed E-state index contributed by atoms with van der Waals surface area (Å²) in [5, 5.41) is 2.06. The van der Waals surface area contributed by atoms with Crippen LogP contribution in [0.5, 0.6) is 0 Å². The van der Waals surface area contributed by atoms with Crippen molar-refractivity contribution in [2.24, 2.45) is 0 Å². The minimum absolute atomic E-state index is 0.0727. The second-order valence-electron chi connectivity index (χ2n) is 6.30. The van der Waals surface area contributed by atoms with E-state index in [2.05, 4.69) is 5.32 Å². The summed E-state index contributed by atoms with van der Waals surface area (Å²) in [6, 6.07) is 6.02. The third-order valence-corrected chi connectivity index (χ3v) is 6.89. The lowest BCUT2D eigenvalue weighted by atomic mass is 10.1. The zero-order valence-electron chi connectivity index (χ0n) is 15.2. The molecule has 0 radical (unpaired) electrons. The van der Waals surface area contributed by atoms with Gasteiger partial charge >= 0.3 is 6.18 Å². The molecule has 1 aliphatic rings. The SMILES string of the molecule is O=C(Nc1cc(C(F)(F)F)ccc1Cl)c1cc(S(=O)(=O)N2CCOCC2)ccc1Cl. The van der Waals surface area contributed by atoms with Crippen molar-refractivity contribution >= 4 is 44.8 Å². The molecule has 1 heterocycles. The predicted octanol–water partition coefficient (Wildman–Crippen LogP) is 4.29. The zero-order chi connectivity index (χ0) is 22.1. The number of sulfonamides is 1. The fourth-order valence-corrected chi connectivity index (χ4v) is 4.56. The molecule has 0 spiro atoms. The first-order valence-electron chi connectivity index (χ1n) is 8.55. The molecule has 0 saturated carbocycles. The fraction of sp³-hybridized carbons (Fsp3) is 0.278. The Morgan fingerprint density at radius 1 is 1.03 bits per heavy atom. The standard InChI is InChI=1S/C18H15Cl2F3N2O4S/c19-14-4-2-12(30(27,28)25-5-7-29-8-6-25)10-13(14)17(26)24-16-9-11(18(21,22)23)1-3-15(16)20/h1-4,9-10H,5-8H2,(H,24,26). The number of anilines is 1. The van der Waals surface area contributed by atoms with Gasteiger partial charge in [-0.15, -0.1) is 0 Å². The van der Waals surface area contributed by atoms with E-state index in [1.165, 1.54) is 16.4 Å². The summed E-state index contributed by atoms with van der Waals surface area (Å²) in [7, 11) is -3.90. The van der Waals surface area contributed by atoms with E-state index in [-0.39, 0.29) is 52.5 Å². The number of hydrogen-bond acceptors (Lipinski definition) is 4. The predicted molar refractivity (Wildman–Crippen MR) is 105 cm³/mol. The summed E-state index contributed by atoms with van der Waals surface area (Å²) < 4.78 is 70.7. The summed E-state index contributed by atoms with van der Waals surface area (Å²) in [5.74, 6) is -0.903. The molecule has 0 bridgehead atoms. The highest BCUT2D eigenvalue weighted by molar-refractivity contribution is 7.89. The number of benzene rings is 2. The van der Waals surface area contributed by atoms with E-state index < -0.39 is 27.7 Å². The Labute approximate surface area is 180 Å². The highest BCUT2D eigenvalue weighted by Gasteiger charge is 2.31. The van der Waals surface area contributed by atoms with Crippen molar-refractivity contribution in [2.75, 3.05) is 31.6 Å². The Kier molecular flexibility index (Phi) is 6.63. The molecule has 0 aromatic heterocycles. The Hall–Kier alpha value is -1.85. The van der Waals surface area contributed by atoms with Gasteiger partial charge in [0, 0.05) is 13.1 Å². The average molecular weight is 483 g/mol. The number of halogens is 5. The van der Waals surface area contributed by atoms with Crippen molar-refractivity contribution in [3.8, 4) is 0 Å². The van der Waals surface area contributed by atoms with Gasteiger partial charge in [0.05, 0.1) is 45.0 Å². The lowest BCUT2D eigenvalue weighted by molar-refractivity contribution is -0.137. The van der Waals surface area contributed by atoms with Crippen LogP contribution in [-0.4, -0.2) is 44.9 Å². The van der Waals surface area contributed by atoms with Crippen molar-refractivity contribution < 1.29 is 31.1 Å². The maximum atomic E-state index is 12.9.